The van der Waals surface area contributed by atoms with Gasteiger partial charge in [0.05, 0.1) is 27.8 Å². The van der Waals surface area contributed by atoms with Gasteiger partial charge in [-0.2, -0.15) is 0 Å². The first-order valence-corrected chi connectivity index (χ1v) is 7.11. The van der Waals surface area contributed by atoms with Crippen molar-refractivity contribution in [3.05, 3.63) is 57.1 Å². The molecule has 0 N–H and O–H groups in total. The fourth-order valence-electron chi connectivity index (χ4n) is 2.60. The number of amides is 1. The molecule has 4 heteroatoms. The molecule has 0 spiro atoms. The van der Waals surface area contributed by atoms with E-state index in [1.165, 1.54) is 0 Å². The van der Waals surface area contributed by atoms with Crippen LogP contribution in [0.4, 0.5) is 11.4 Å². The Morgan fingerprint density at radius 1 is 1.00 bits per heavy atom. The fourth-order valence-corrected chi connectivity index (χ4v) is 3.37. The lowest BCUT2D eigenvalue weighted by Crippen LogP contribution is -2.21. The van der Waals surface area contributed by atoms with Gasteiger partial charge < -0.3 is 0 Å². The van der Waals surface area contributed by atoms with Crippen molar-refractivity contribution in [3.63, 3.8) is 0 Å². The van der Waals surface area contributed by atoms with E-state index in [-0.39, 0.29) is 5.91 Å². The van der Waals surface area contributed by atoms with Crippen LogP contribution in [-0.4, -0.2) is 5.91 Å². The van der Waals surface area contributed by atoms with Crippen LogP contribution in [0.25, 0.3) is 0 Å². The second-order valence-electron chi connectivity index (χ2n) is 5.12. The molecular weight excluding hydrogens is 293 g/mol. The summed E-state index contributed by atoms with van der Waals surface area (Å²) in [6.07, 6.45) is 0.386. The van der Waals surface area contributed by atoms with Crippen LogP contribution < -0.4 is 4.90 Å². The van der Waals surface area contributed by atoms with Gasteiger partial charge in [-0.15, -0.1) is 0 Å². The summed E-state index contributed by atoms with van der Waals surface area (Å²) in [5, 5.41) is 0.994. The van der Waals surface area contributed by atoms with Crippen molar-refractivity contribution in [3.8, 4) is 0 Å². The Kier molecular flexibility index (Phi) is 3.23. The average Bonchev–Trinajstić information content (AvgIpc) is 2.64. The van der Waals surface area contributed by atoms with Crippen molar-refractivity contribution in [1.82, 2.24) is 0 Å². The normalized spacial score (nSPS) is 13.8. The van der Waals surface area contributed by atoms with Gasteiger partial charge in [-0.3, -0.25) is 9.69 Å². The molecule has 1 heterocycles. The Bertz CT molecular complexity index is 701. The monoisotopic (exact) mass is 305 g/mol. The molecule has 0 aliphatic carbocycles. The van der Waals surface area contributed by atoms with Gasteiger partial charge in [0.15, 0.2) is 0 Å². The number of aryl methyl sites for hydroxylation is 2. The molecule has 2 nitrogen and oxygen atoms in total. The van der Waals surface area contributed by atoms with Gasteiger partial charge in [-0.05, 0) is 43.2 Å². The highest BCUT2D eigenvalue weighted by atomic mass is 35.5. The zero-order valence-electron chi connectivity index (χ0n) is 11.2. The predicted molar refractivity (Wildman–Crippen MR) is 83.2 cm³/mol. The van der Waals surface area contributed by atoms with Crippen LogP contribution in [0.3, 0.4) is 0 Å². The number of hydrogen-bond acceptors (Lipinski definition) is 1. The van der Waals surface area contributed by atoms with Crippen molar-refractivity contribution in [2.45, 2.75) is 20.3 Å². The molecule has 0 saturated carbocycles. The molecule has 102 valence electrons. The van der Waals surface area contributed by atoms with E-state index < -0.39 is 0 Å². The average molecular weight is 306 g/mol. The van der Waals surface area contributed by atoms with Crippen LogP contribution in [0.5, 0.6) is 0 Å². The second kappa shape index (κ2) is 4.80. The van der Waals surface area contributed by atoms with Crippen LogP contribution in [0.1, 0.15) is 16.7 Å². The summed E-state index contributed by atoms with van der Waals surface area (Å²) in [6, 6.07) is 9.61. The van der Waals surface area contributed by atoms with E-state index in [1.807, 2.05) is 44.2 Å². The van der Waals surface area contributed by atoms with E-state index in [9.17, 15) is 4.79 Å². The molecular formula is C16H13Cl2NO. The van der Waals surface area contributed by atoms with E-state index in [2.05, 4.69) is 0 Å². The first-order chi connectivity index (χ1) is 9.47. The van der Waals surface area contributed by atoms with Crippen molar-refractivity contribution >= 4 is 40.5 Å². The van der Waals surface area contributed by atoms with Crippen molar-refractivity contribution in [1.29, 1.82) is 0 Å². The largest absolute Gasteiger partial charge is 0.277 e. The number of rotatable bonds is 1. The van der Waals surface area contributed by atoms with Gasteiger partial charge in [-0.1, -0.05) is 40.9 Å². The van der Waals surface area contributed by atoms with Crippen molar-refractivity contribution < 1.29 is 4.79 Å². The van der Waals surface area contributed by atoms with Gasteiger partial charge in [0, 0.05) is 0 Å². The van der Waals surface area contributed by atoms with Gasteiger partial charge >= 0.3 is 0 Å². The zero-order chi connectivity index (χ0) is 14.4. The minimum Gasteiger partial charge on any atom is -0.277 e. The Morgan fingerprint density at radius 3 is 2.30 bits per heavy atom. The standard InChI is InChI=1S/C16H13Cl2NO/c1-9-3-4-14-11(5-9)8-15(20)19(14)16-12(17)6-10(2)7-13(16)18/h3-7H,8H2,1-2H3. The van der Waals surface area contributed by atoms with Gasteiger partial charge in [0.2, 0.25) is 5.91 Å². The molecule has 0 saturated heterocycles. The quantitative estimate of drug-likeness (QED) is 0.739. The molecule has 1 aliphatic rings. The molecule has 2 aromatic rings. The fraction of sp³-hybridized carbons (Fsp3) is 0.188. The second-order valence-corrected chi connectivity index (χ2v) is 5.93. The summed E-state index contributed by atoms with van der Waals surface area (Å²) in [6.45, 7) is 3.93. The number of carbonyl (C=O) groups excluding carboxylic acids is 1. The number of benzene rings is 2. The number of halogens is 2. The van der Waals surface area contributed by atoms with Crippen LogP contribution in [0.15, 0.2) is 30.3 Å². The highest BCUT2D eigenvalue weighted by Crippen LogP contribution is 2.43. The summed E-state index contributed by atoms with van der Waals surface area (Å²) in [4.78, 5) is 14.0. The van der Waals surface area contributed by atoms with Gasteiger partial charge in [-0.25, -0.2) is 0 Å². The molecule has 3 rings (SSSR count). The third-order valence-electron chi connectivity index (χ3n) is 3.45. The van der Waals surface area contributed by atoms with Gasteiger partial charge in [0.25, 0.3) is 0 Å². The van der Waals surface area contributed by atoms with Crippen molar-refractivity contribution in [2.75, 3.05) is 4.90 Å². The molecule has 0 radical (unpaired) electrons. The van der Waals surface area contributed by atoms with E-state index in [0.717, 1.165) is 22.4 Å². The van der Waals surface area contributed by atoms with Crippen LogP contribution >= 0.6 is 23.2 Å². The number of nitrogens with zero attached hydrogens (tertiary/aromatic N) is 1. The zero-order valence-corrected chi connectivity index (χ0v) is 12.7. The lowest BCUT2D eigenvalue weighted by atomic mass is 10.1. The Balaban J connectivity index is 2.20. The lowest BCUT2D eigenvalue weighted by molar-refractivity contribution is -0.116. The SMILES string of the molecule is Cc1cc(Cl)c(N2C(=O)Cc3cc(C)ccc32)c(Cl)c1. The summed E-state index contributed by atoms with van der Waals surface area (Å²) in [5.41, 5.74) is 4.57. The maximum Gasteiger partial charge on any atom is 0.236 e. The van der Waals surface area contributed by atoms with Crippen molar-refractivity contribution in [2.24, 2.45) is 0 Å². The highest BCUT2D eigenvalue weighted by molar-refractivity contribution is 6.40. The first kappa shape index (κ1) is 13.5. The highest BCUT2D eigenvalue weighted by Gasteiger charge is 2.31. The van der Waals surface area contributed by atoms with E-state index in [4.69, 9.17) is 23.2 Å². The maximum absolute atomic E-state index is 12.3. The van der Waals surface area contributed by atoms with E-state index in [1.54, 1.807) is 4.90 Å². The maximum atomic E-state index is 12.3. The van der Waals surface area contributed by atoms with E-state index >= 15 is 0 Å². The molecule has 0 atom stereocenters. The first-order valence-electron chi connectivity index (χ1n) is 6.35. The molecule has 20 heavy (non-hydrogen) atoms. The Morgan fingerprint density at radius 2 is 1.65 bits per heavy atom. The molecule has 0 unspecified atom stereocenters. The van der Waals surface area contributed by atoms with Crippen LogP contribution in [0.2, 0.25) is 10.0 Å². The predicted octanol–water partition coefficient (Wildman–Crippen LogP) is 4.83. The molecule has 1 amide bonds. The lowest BCUT2D eigenvalue weighted by Gasteiger charge is -2.21. The summed E-state index contributed by atoms with van der Waals surface area (Å²) in [5.74, 6) is -0.00162. The smallest absolute Gasteiger partial charge is 0.236 e. The minimum absolute atomic E-state index is 0.00162. The molecule has 0 aromatic heterocycles. The van der Waals surface area contributed by atoms with Gasteiger partial charge in [0.1, 0.15) is 0 Å². The van der Waals surface area contributed by atoms with Crippen LogP contribution in [0, 0.1) is 13.8 Å². The Labute approximate surface area is 127 Å². The summed E-state index contributed by atoms with van der Waals surface area (Å²) >= 11 is 12.6. The third kappa shape index (κ3) is 2.09. The molecule has 2 aromatic carbocycles. The Hall–Kier alpha value is -1.51. The number of hydrogen-bond donors (Lipinski definition) is 0. The topological polar surface area (TPSA) is 20.3 Å². The molecule has 1 aliphatic heterocycles. The number of carbonyl (C=O) groups is 1. The number of anilines is 2. The molecule has 0 bridgehead atoms. The minimum atomic E-state index is -0.00162. The van der Waals surface area contributed by atoms with E-state index in [0.29, 0.717) is 22.2 Å². The third-order valence-corrected chi connectivity index (χ3v) is 4.03. The molecule has 0 fully saturated rings. The number of fused-ring (bicyclic) bond motifs is 1. The summed E-state index contributed by atoms with van der Waals surface area (Å²) in [7, 11) is 0. The van der Waals surface area contributed by atoms with Crippen LogP contribution in [-0.2, 0) is 11.2 Å². The summed E-state index contributed by atoms with van der Waals surface area (Å²) < 4.78 is 0.